The van der Waals surface area contributed by atoms with E-state index in [4.69, 9.17) is 44.2 Å². The average molecular weight is 649 g/mol. The van der Waals surface area contributed by atoms with E-state index >= 15 is 0 Å². The Morgan fingerprint density at radius 2 is 1.84 bits per heavy atom. The van der Waals surface area contributed by atoms with E-state index < -0.39 is 18.0 Å². The van der Waals surface area contributed by atoms with Gasteiger partial charge in [0.1, 0.15) is 46.9 Å². The highest BCUT2D eigenvalue weighted by atomic mass is 35.5. The van der Waals surface area contributed by atoms with E-state index in [9.17, 15) is 14.9 Å². The summed E-state index contributed by atoms with van der Waals surface area (Å²) in [5, 5.41) is 22.7. The first-order valence-electron chi connectivity index (χ1n) is 13.0. The van der Waals surface area contributed by atoms with Crippen molar-refractivity contribution < 1.29 is 24.2 Å². The smallest absolute Gasteiger partial charge is 0.320 e. The van der Waals surface area contributed by atoms with Crippen molar-refractivity contribution in [3.05, 3.63) is 81.6 Å². The maximum absolute atomic E-state index is 11.8. The van der Waals surface area contributed by atoms with E-state index in [2.05, 4.69) is 20.9 Å². The summed E-state index contributed by atoms with van der Waals surface area (Å²) in [7, 11) is 0. The number of hydrogen-bond donors (Lipinski definition) is 3. The Morgan fingerprint density at radius 1 is 1.14 bits per heavy atom. The molecule has 0 fully saturated rings. The van der Waals surface area contributed by atoms with Gasteiger partial charge in [0.05, 0.1) is 17.8 Å². The molecule has 14 heteroatoms. The van der Waals surface area contributed by atoms with Crippen molar-refractivity contribution in [3.8, 4) is 33.5 Å². The fourth-order valence-corrected chi connectivity index (χ4v) is 5.86. The molecule has 0 aliphatic carbocycles. The summed E-state index contributed by atoms with van der Waals surface area (Å²) >= 11 is 8.79. The van der Waals surface area contributed by atoms with Crippen molar-refractivity contribution in [1.29, 1.82) is 5.26 Å². The van der Waals surface area contributed by atoms with Gasteiger partial charge in [-0.1, -0.05) is 47.6 Å². The number of rotatable bonds is 13. The first-order valence-corrected chi connectivity index (χ1v) is 15.3. The maximum atomic E-state index is 11.8. The number of benzene rings is 2. The molecule has 1 atom stereocenters. The zero-order chi connectivity index (χ0) is 31.6. The van der Waals surface area contributed by atoms with E-state index in [1.807, 2.05) is 17.5 Å². The van der Waals surface area contributed by atoms with Gasteiger partial charge in [-0.3, -0.25) is 9.59 Å². The summed E-state index contributed by atoms with van der Waals surface area (Å²) in [5.41, 5.74) is 14.6. The Kier molecular flexibility index (Phi) is 11.1. The third-order valence-corrected chi connectivity index (χ3v) is 8.32. The second-order valence-corrected chi connectivity index (χ2v) is 11.4. The quantitative estimate of drug-likeness (QED) is 0.0676. The monoisotopic (exact) mass is 648 g/mol. The second-order valence-electron chi connectivity index (χ2n) is 9.14. The number of esters is 1. The van der Waals surface area contributed by atoms with E-state index in [1.165, 1.54) is 23.1 Å². The standard InChI is InChI=1S/C30H25ClN6O5S2/c1-35-26-25(17-4-8-21(9-5-17)41-12-13-42-24(38)11-10-23(33)30(39)40)22(14-32)29(37-27(26)34)44-16-20-15-43-28(36-20)18-2-6-19(31)7-3-18/h2-9,15,23H,10-13,16,33H2,(H2,34,37)(H,39,40)/t23-/m0/s1. The summed E-state index contributed by atoms with van der Waals surface area (Å²) in [6.07, 6.45) is -0.139. The molecule has 0 radical (unpaired) electrons. The second kappa shape index (κ2) is 15.2. The van der Waals surface area contributed by atoms with Crippen LogP contribution in [0, 0.1) is 17.9 Å². The number of carboxylic acid groups (broad SMARTS) is 1. The summed E-state index contributed by atoms with van der Waals surface area (Å²) in [6.45, 7) is 7.71. The molecule has 44 heavy (non-hydrogen) atoms. The highest BCUT2D eigenvalue weighted by molar-refractivity contribution is 7.98. The molecule has 224 valence electrons. The van der Waals surface area contributed by atoms with E-state index in [0.717, 1.165) is 16.3 Å². The molecule has 2 heterocycles. The number of nitrogens with zero attached hydrogens (tertiary/aromatic N) is 4. The van der Waals surface area contributed by atoms with Crippen LogP contribution in [0.15, 0.2) is 58.9 Å². The largest absolute Gasteiger partial charge is 0.490 e. The van der Waals surface area contributed by atoms with Gasteiger partial charge in [-0.25, -0.2) is 14.8 Å². The number of aromatic nitrogens is 2. The normalized spacial score (nSPS) is 11.3. The van der Waals surface area contributed by atoms with E-state index in [0.29, 0.717) is 32.7 Å². The number of thiazole rings is 1. The van der Waals surface area contributed by atoms with Gasteiger partial charge in [0, 0.05) is 33.7 Å². The van der Waals surface area contributed by atoms with E-state index in [-0.39, 0.29) is 43.1 Å². The number of anilines is 1. The van der Waals surface area contributed by atoms with Gasteiger partial charge in [-0.2, -0.15) is 5.26 Å². The number of nitriles is 1. The number of carbonyl (C=O) groups excluding carboxylic acids is 1. The topological polar surface area (TPSA) is 179 Å². The lowest BCUT2D eigenvalue weighted by Gasteiger charge is -2.14. The van der Waals surface area contributed by atoms with Crippen molar-refractivity contribution in [2.24, 2.45) is 5.73 Å². The van der Waals surface area contributed by atoms with Gasteiger partial charge < -0.3 is 26.0 Å². The van der Waals surface area contributed by atoms with E-state index in [1.54, 1.807) is 36.4 Å². The molecule has 0 spiro atoms. The van der Waals surface area contributed by atoms with Gasteiger partial charge >= 0.3 is 11.9 Å². The Hall–Kier alpha value is -4.66. The highest BCUT2D eigenvalue weighted by Crippen LogP contribution is 2.42. The van der Waals surface area contributed by atoms with Crippen LogP contribution in [-0.4, -0.2) is 46.3 Å². The van der Waals surface area contributed by atoms with Crippen LogP contribution in [0.5, 0.6) is 5.75 Å². The molecule has 0 bridgehead atoms. The first-order chi connectivity index (χ1) is 21.2. The molecule has 0 aliphatic heterocycles. The van der Waals surface area contributed by atoms with Crippen molar-refractivity contribution in [1.82, 2.24) is 9.97 Å². The molecule has 2 aromatic heterocycles. The number of halogens is 1. The molecule has 5 N–H and O–H groups in total. The average Bonchev–Trinajstić information content (AvgIpc) is 3.50. The minimum absolute atomic E-state index is 0.0167. The number of nitrogen functional groups attached to an aromatic ring is 1. The van der Waals surface area contributed by atoms with Crippen molar-refractivity contribution in [2.45, 2.75) is 29.7 Å². The van der Waals surface area contributed by atoms with Gasteiger partial charge in [0.25, 0.3) is 0 Å². The first kappa shape index (κ1) is 32.3. The fraction of sp³-hybridized carbons (Fsp3) is 0.200. The van der Waals surface area contributed by atoms with Gasteiger partial charge in [0.15, 0.2) is 0 Å². The molecule has 4 rings (SSSR count). The fourth-order valence-electron chi connectivity index (χ4n) is 3.92. The number of carboxylic acids is 1. The van der Waals surface area contributed by atoms with Crippen LogP contribution in [-0.2, 0) is 20.1 Å². The number of thioether (sulfide) groups is 1. The lowest BCUT2D eigenvalue weighted by Crippen LogP contribution is -2.30. The lowest BCUT2D eigenvalue weighted by atomic mass is 10.00. The molecule has 0 unspecified atom stereocenters. The van der Waals surface area contributed by atoms with Crippen LogP contribution in [0.1, 0.15) is 24.1 Å². The Morgan fingerprint density at radius 3 is 2.50 bits per heavy atom. The Labute approximate surface area is 266 Å². The predicted octanol–water partition coefficient (Wildman–Crippen LogP) is 5.94. The van der Waals surface area contributed by atoms with Crippen molar-refractivity contribution >= 4 is 58.1 Å². The van der Waals surface area contributed by atoms with Crippen LogP contribution in [0.25, 0.3) is 26.5 Å². The van der Waals surface area contributed by atoms with Crippen LogP contribution in [0.3, 0.4) is 0 Å². The van der Waals surface area contributed by atoms with Crippen LogP contribution >= 0.6 is 34.7 Å². The van der Waals surface area contributed by atoms with Crippen LogP contribution in [0.2, 0.25) is 5.02 Å². The number of hydrogen-bond acceptors (Lipinski definition) is 11. The number of nitrogens with two attached hydrogens (primary N) is 2. The van der Waals surface area contributed by atoms with Gasteiger partial charge in [0.2, 0.25) is 5.69 Å². The molecule has 0 amide bonds. The van der Waals surface area contributed by atoms with Gasteiger partial charge in [-0.15, -0.1) is 11.3 Å². The number of carbonyl (C=O) groups is 2. The van der Waals surface area contributed by atoms with Crippen LogP contribution in [0.4, 0.5) is 11.5 Å². The molecule has 0 saturated heterocycles. The maximum Gasteiger partial charge on any atom is 0.320 e. The zero-order valence-electron chi connectivity index (χ0n) is 23.0. The third kappa shape index (κ3) is 8.24. The number of aliphatic carboxylic acids is 1. The zero-order valence-corrected chi connectivity index (χ0v) is 25.4. The summed E-state index contributed by atoms with van der Waals surface area (Å²) in [6, 6.07) is 15.2. The van der Waals surface area contributed by atoms with Crippen LogP contribution < -0.4 is 16.2 Å². The van der Waals surface area contributed by atoms with Gasteiger partial charge in [-0.05, 0) is 36.2 Å². The molecule has 11 nitrogen and oxygen atoms in total. The molecule has 0 saturated carbocycles. The third-order valence-electron chi connectivity index (χ3n) is 6.12. The Balaban J connectivity index is 1.43. The van der Waals surface area contributed by atoms with Crippen molar-refractivity contribution in [3.63, 3.8) is 0 Å². The van der Waals surface area contributed by atoms with Crippen molar-refractivity contribution in [2.75, 3.05) is 18.9 Å². The molecular weight excluding hydrogens is 624 g/mol. The highest BCUT2D eigenvalue weighted by Gasteiger charge is 2.21. The minimum Gasteiger partial charge on any atom is -0.490 e. The summed E-state index contributed by atoms with van der Waals surface area (Å²) < 4.78 is 10.7. The molecular formula is C30H25ClN6O5S2. The minimum atomic E-state index is -1.18. The SMILES string of the molecule is [C-]#[N+]c1c(N)nc(SCc2csc(-c3ccc(Cl)cc3)n2)c(C#N)c1-c1ccc(OCCOC(=O)CC[C@H](N)C(=O)O)cc1. The molecule has 0 aliphatic rings. The molecule has 2 aromatic carbocycles. The number of pyridine rings is 1. The summed E-state index contributed by atoms with van der Waals surface area (Å²) in [5.74, 6) is -0.831. The lowest BCUT2D eigenvalue weighted by molar-refractivity contribution is -0.145. The molecule has 4 aromatic rings. The Bertz CT molecular complexity index is 1730. The predicted molar refractivity (Wildman–Crippen MR) is 168 cm³/mol. The summed E-state index contributed by atoms with van der Waals surface area (Å²) in [4.78, 5) is 35.1. The number of ether oxygens (including phenoxy) is 2.